The highest BCUT2D eigenvalue weighted by molar-refractivity contribution is 6.00. The molecule has 0 bridgehead atoms. The Labute approximate surface area is 128 Å². The summed E-state index contributed by atoms with van der Waals surface area (Å²) in [6.07, 6.45) is 0. The van der Waals surface area contributed by atoms with Crippen molar-refractivity contribution in [3.8, 4) is 22.4 Å². The van der Waals surface area contributed by atoms with Gasteiger partial charge >= 0.3 is 0 Å². The molecule has 0 saturated heterocycles. The molecule has 22 heavy (non-hydrogen) atoms. The van der Waals surface area contributed by atoms with Gasteiger partial charge in [-0.2, -0.15) is 5.10 Å². The van der Waals surface area contributed by atoms with E-state index >= 15 is 0 Å². The van der Waals surface area contributed by atoms with Crippen LogP contribution in [0.25, 0.3) is 22.4 Å². The van der Waals surface area contributed by atoms with Crippen LogP contribution in [0.15, 0.2) is 54.6 Å². The first-order valence-corrected chi connectivity index (χ1v) is 6.92. The minimum Gasteiger partial charge on any atom is -0.290 e. The van der Waals surface area contributed by atoms with Crippen LogP contribution in [-0.2, 0) is 0 Å². The maximum absolute atomic E-state index is 11.9. The standard InChI is InChI=1S/C17H16N4O/c1-11-15(17(22)19-18)16(21-20-11)14-9-7-13(8-10-14)12-5-3-2-4-6-12/h2-10H,18H2,1H3,(H,19,22)(H,20,21). The Bertz CT molecular complexity index is 791. The lowest BCUT2D eigenvalue weighted by Gasteiger charge is -2.05. The highest BCUT2D eigenvalue weighted by Crippen LogP contribution is 2.26. The summed E-state index contributed by atoms with van der Waals surface area (Å²) in [6, 6.07) is 18.0. The average molecular weight is 292 g/mol. The van der Waals surface area contributed by atoms with E-state index < -0.39 is 0 Å². The van der Waals surface area contributed by atoms with Crippen molar-refractivity contribution in [2.24, 2.45) is 5.84 Å². The number of nitrogen functional groups attached to an aromatic ring is 1. The number of hydrazine groups is 1. The SMILES string of the molecule is Cc1[nH]nc(-c2ccc(-c3ccccc3)cc2)c1C(=O)NN. The van der Waals surface area contributed by atoms with E-state index in [-0.39, 0.29) is 5.91 Å². The molecule has 2 aromatic carbocycles. The molecule has 4 N–H and O–H groups in total. The van der Waals surface area contributed by atoms with E-state index in [0.29, 0.717) is 17.0 Å². The number of carbonyl (C=O) groups excluding carboxylic acids is 1. The Morgan fingerprint density at radius 1 is 1.00 bits per heavy atom. The van der Waals surface area contributed by atoms with Gasteiger partial charge in [0.15, 0.2) is 0 Å². The van der Waals surface area contributed by atoms with E-state index in [1.165, 1.54) is 0 Å². The van der Waals surface area contributed by atoms with Crippen LogP contribution in [-0.4, -0.2) is 16.1 Å². The number of nitrogens with one attached hydrogen (secondary N) is 2. The van der Waals surface area contributed by atoms with E-state index in [1.54, 1.807) is 6.92 Å². The van der Waals surface area contributed by atoms with Crippen LogP contribution >= 0.6 is 0 Å². The molecule has 0 aliphatic heterocycles. The van der Waals surface area contributed by atoms with Crippen molar-refractivity contribution in [3.05, 3.63) is 65.9 Å². The number of aromatic amines is 1. The molecule has 0 unspecified atom stereocenters. The molecule has 1 aromatic heterocycles. The Morgan fingerprint density at radius 2 is 1.59 bits per heavy atom. The van der Waals surface area contributed by atoms with Crippen molar-refractivity contribution in [3.63, 3.8) is 0 Å². The van der Waals surface area contributed by atoms with Crippen LogP contribution < -0.4 is 11.3 Å². The first kappa shape index (κ1) is 14.0. The van der Waals surface area contributed by atoms with E-state index in [2.05, 4.69) is 27.8 Å². The van der Waals surface area contributed by atoms with Gasteiger partial charge < -0.3 is 0 Å². The molecule has 0 fully saturated rings. The first-order chi connectivity index (χ1) is 10.7. The summed E-state index contributed by atoms with van der Waals surface area (Å²) < 4.78 is 0. The molecule has 3 aromatic rings. The van der Waals surface area contributed by atoms with E-state index in [0.717, 1.165) is 16.7 Å². The number of benzene rings is 2. The molecule has 0 aliphatic carbocycles. The number of nitrogens with zero attached hydrogens (tertiary/aromatic N) is 1. The summed E-state index contributed by atoms with van der Waals surface area (Å²) >= 11 is 0. The maximum Gasteiger partial charge on any atom is 0.269 e. The van der Waals surface area contributed by atoms with Crippen molar-refractivity contribution in [2.45, 2.75) is 6.92 Å². The number of aryl methyl sites for hydroxylation is 1. The molecule has 0 spiro atoms. The second-order valence-electron chi connectivity index (χ2n) is 4.99. The van der Waals surface area contributed by atoms with Crippen LogP contribution in [0.2, 0.25) is 0 Å². The summed E-state index contributed by atoms with van der Waals surface area (Å²) in [5.74, 6) is 4.88. The van der Waals surface area contributed by atoms with E-state index in [1.807, 2.05) is 42.5 Å². The number of rotatable bonds is 3. The lowest BCUT2D eigenvalue weighted by atomic mass is 10.0. The highest BCUT2D eigenvalue weighted by Gasteiger charge is 2.18. The monoisotopic (exact) mass is 292 g/mol. The van der Waals surface area contributed by atoms with Crippen LogP contribution in [0.3, 0.4) is 0 Å². The normalized spacial score (nSPS) is 10.5. The molecule has 5 heteroatoms. The lowest BCUT2D eigenvalue weighted by Crippen LogP contribution is -2.30. The maximum atomic E-state index is 11.9. The second kappa shape index (κ2) is 5.83. The minimum absolute atomic E-state index is 0.353. The molecule has 1 amide bonds. The zero-order valence-corrected chi connectivity index (χ0v) is 12.1. The van der Waals surface area contributed by atoms with Gasteiger partial charge in [-0.25, -0.2) is 5.84 Å². The van der Waals surface area contributed by atoms with Gasteiger partial charge in [0.05, 0.1) is 5.56 Å². The van der Waals surface area contributed by atoms with Crippen molar-refractivity contribution in [1.82, 2.24) is 15.6 Å². The Hall–Kier alpha value is -2.92. The third-order valence-corrected chi connectivity index (χ3v) is 3.57. The molecule has 110 valence electrons. The Balaban J connectivity index is 1.99. The first-order valence-electron chi connectivity index (χ1n) is 6.92. The predicted molar refractivity (Wildman–Crippen MR) is 85.9 cm³/mol. The molecule has 5 nitrogen and oxygen atoms in total. The topological polar surface area (TPSA) is 83.8 Å². The highest BCUT2D eigenvalue weighted by atomic mass is 16.2. The van der Waals surface area contributed by atoms with Crippen molar-refractivity contribution >= 4 is 5.91 Å². The fraction of sp³-hybridized carbons (Fsp3) is 0.0588. The van der Waals surface area contributed by atoms with Crippen LogP contribution in [0, 0.1) is 6.92 Å². The Kier molecular flexibility index (Phi) is 3.72. The summed E-state index contributed by atoms with van der Waals surface area (Å²) in [7, 11) is 0. The number of hydrogen-bond donors (Lipinski definition) is 3. The predicted octanol–water partition coefficient (Wildman–Crippen LogP) is 2.66. The van der Waals surface area contributed by atoms with Gasteiger partial charge in [0, 0.05) is 11.3 Å². The van der Waals surface area contributed by atoms with Gasteiger partial charge in [-0.3, -0.25) is 15.3 Å². The zero-order valence-electron chi connectivity index (χ0n) is 12.1. The summed E-state index contributed by atoms with van der Waals surface area (Å²) in [4.78, 5) is 11.9. The quantitative estimate of drug-likeness (QED) is 0.394. The number of hydrogen-bond acceptors (Lipinski definition) is 3. The van der Waals surface area contributed by atoms with Gasteiger partial charge in [0.2, 0.25) is 0 Å². The van der Waals surface area contributed by atoms with Gasteiger partial charge in [0.1, 0.15) is 5.69 Å². The Morgan fingerprint density at radius 3 is 2.23 bits per heavy atom. The van der Waals surface area contributed by atoms with Crippen LogP contribution in [0.5, 0.6) is 0 Å². The smallest absolute Gasteiger partial charge is 0.269 e. The number of H-pyrrole nitrogens is 1. The fourth-order valence-electron chi connectivity index (χ4n) is 2.44. The molecule has 0 saturated carbocycles. The minimum atomic E-state index is -0.353. The van der Waals surface area contributed by atoms with Crippen LogP contribution in [0.4, 0.5) is 0 Å². The third-order valence-electron chi connectivity index (χ3n) is 3.57. The zero-order chi connectivity index (χ0) is 15.5. The molecule has 1 heterocycles. The van der Waals surface area contributed by atoms with Gasteiger partial charge in [0.25, 0.3) is 5.91 Å². The molecule has 3 rings (SSSR count). The molecule has 0 atom stereocenters. The fourth-order valence-corrected chi connectivity index (χ4v) is 2.44. The van der Waals surface area contributed by atoms with Gasteiger partial charge in [-0.05, 0) is 18.1 Å². The van der Waals surface area contributed by atoms with Crippen molar-refractivity contribution in [2.75, 3.05) is 0 Å². The summed E-state index contributed by atoms with van der Waals surface area (Å²) in [6.45, 7) is 1.79. The number of nitrogens with two attached hydrogens (primary N) is 1. The molecular formula is C17H16N4O. The van der Waals surface area contributed by atoms with E-state index in [9.17, 15) is 4.79 Å². The van der Waals surface area contributed by atoms with Crippen molar-refractivity contribution < 1.29 is 4.79 Å². The number of aromatic nitrogens is 2. The van der Waals surface area contributed by atoms with Crippen molar-refractivity contribution in [1.29, 1.82) is 0 Å². The molecule has 0 aliphatic rings. The lowest BCUT2D eigenvalue weighted by molar-refractivity contribution is 0.0954. The number of carbonyl (C=O) groups is 1. The summed E-state index contributed by atoms with van der Waals surface area (Å²) in [5.41, 5.74) is 7.03. The summed E-state index contributed by atoms with van der Waals surface area (Å²) in [5, 5.41) is 7.05. The number of amides is 1. The second-order valence-corrected chi connectivity index (χ2v) is 4.99. The largest absolute Gasteiger partial charge is 0.290 e. The third kappa shape index (κ3) is 2.49. The van der Waals surface area contributed by atoms with Gasteiger partial charge in [-0.1, -0.05) is 54.6 Å². The van der Waals surface area contributed by atoms with Crippen LogP contribution in [0.1, 0.15) is 16.1 Å². The average Bonchev–Trinajstić information content (AvgIpc) is 2.97. The van der Waals surface area contributed by atoms with Gasteiger partial charge in [-0.15, -0.1) is 0 Å². The van der Waals surface area contributed by atoms with E-state index in [4.69, 9.17) is 5.84 Å². The molecule has 0 radical (unpaired) electrons. The molecular weight excluding hydrogens is 276 g/mol.